The molecule has 0 saturated carbocycles. The number of esters is 1. The van der Waals surface area contributed by atoms with Crippen LogP contribution in [-0.2, 0) is 9.53 Å². The number of hydrogen-bond acceptors (Lipinski definition) is 2. The van der Waals surface area contributed by atoms with E-state index in [1.54, 1.807) is 0 Å². The molecule has 11 heavy (non-hydrogen) atoms. The molecule has 1 aliphatic carbocycles. The van der Waals surface area contributed by atoms with Crippen LogP contribution in [0.2, 0.25) is 0 Å². The highest BCUT2D eigenvalue weighted by atomic mass is 16.5. The molecule has 0 aliphatic heterocycles. The molecule has 0 saturated heterocycles. The van der Waals surface area contributed by atoms with E-state index in [2.05, 4.69) is 19.1 Å². The summed E-state index contributed by atoms with van der Waals surface area (Å²) < 4.78 is 4.88. The third kappa shape index (κ3) is 2.74. The monoisotopic (exact) mass is 154 g/mol. The lowest BCUT2D eigenvalue weighted by Gasteiger charge is -2.07. The minimum absolute atomic E-state index is 0.182. The van der Waals surface area contributed by atoms with Gasteiger partial charge in [0.2, 0.25) is 0 Å². The van der Waals surface area contributed by atoms with Crippen molar-refractivity contribution in [1.82, 2.24) is 0 Å². The van der Waals surface area contributed by atoms with Gasteiger partial charge in [-0.25, -0.2) is 0 Å². The van der Waals surface area contributed by atoms with Gasteiger partial charge in [-0.2, -0.15) is 0 Å². The molecule has 0 aromatic heterocycles. The second-order valence-electron chi connectivity index (χ2n) is 3.16. The topological polar surface area (TPSA) is 26.3 Å². The van der Waals surface area contributed by atoms with E-state index in [1.165, 1.54) is 6.92 Å². The number of ether oxygens (including phenoxy) is 1. The van der Waals surface area contributed by atoms with Gasteiger partial charge in [0, 0.05) is 12.8 Å². The maximum absolute atomic E-state index is 10.4. The number of carbonyl (C=O) groups is 1. The first-order valence-electron chi connectivity index (χ1n) is 4.00. The first kappa shape index (κ1) is 8.31. The molecule has 2 nitrogen and oxygen atoms in total. The molecule has 2 atom stereocenters. The van der Waals surface area contributed by atoms with E-state index in [1.807, 2.05) is 0 Å². The number of hydrogen-bond donors (Lipinski definition) is 0. The Morgan fingerprint density at radius 2 is 2.36 bits per heavy atom. The molecule has 0 fully saturated rings. The maximum atomic E-state index is 10.4. The highest BCUT2D eigenvalue weighted by Crippen LogP contribution is 2.22. The van der Waals surface area contributed by atoms with Crippen molar-refractivity contribution in [2.75, 3.05) is 6.61 Å². The first-order chi connectivity index (χ1) is 5.18. The van der Waals surface area contributed by atoms with Crippen LogP contribution in [-0.4, -0.2) is 12.6 Å². The molecular weight excluding hydrogens is 140 g/mol. The Labute approximate surface area is 67.2 Å². The van der Waals surface area contributed by atoms with Gasteiger partial charge in [-0.1, -0.05) is 19.1 Å². The Bertz CT molecular complexity index is 172. The van der Waals surface area contributed by atoms with Crippen LogP contribution in [0.15, 0.2) is 12.2 Å². The summed E-state index contributed by atoms with van der Waals surface area (Å²) in [6.07, 6.45) is 5.43. The van der Waals surface area contributed by atoms with Crippen molar-refractivity contribution >= 4 is 5.97 Å². The molecule has 1 aliphatic rings. The van der Waals surface area contributed by atoms with Gasteiger partial charge in [0.25, 0.3) is 0 Å². The smallest absolute Gasteiger partial charge is 0.302 e. The van der Waals surface area contributed by atoms with Gasteiger partial charge in [0.15, 0.2) is 0 Å². The van der Waals surface area contributed by atoms with Crippen LogP contribution in [0, 0.1) is 11.8 Å². The van der Waals surface area contributed by atoms with Gasteiger partial charge in [0.1, 0.15) is 0 Å². The first-order valence-corrected chi connectivity index (χ1v) is 4.00. The number of carbonyl (C=O) groups excluding carboxylic acids is 1. The van der Waals surface area contributed by atoms with Gasteiger partial charge in [-0.3, -0.25) is 4.79 Å². The summed E-state index contributed by atoms with van der Waals surface area (Å²) in [5.41, 5.74) is 0. The predicted molar refractivity (Wildman–Crippen MR) is 43.0 cm³/mol. The molecule has 0 bridgehead atoms. The van der Waals surface area contributed by atoms with Gasteiger partial charge in [-0.15, -0.1) is 0 Å². The summed E-state index contributed by atoms with van der Waals surface area (Å²) >= 11 is 0. The van der Waals surface area contributed by atoms with Crippen LogP contribution >= 0.6 is 0 Å². The minimum Gasteiger partial charge on any atom is -0.465 e. The lowest BCUT2D eigenvalue weighted by atomic mass is 10.1. The minimum atomic E-state index is -0.182. The highest BCUT2D eigenvalue weighted by molar-refractivity contribution is 5.65. The molecule has 0 spiro atoms. The molecule has 1 rings (SSSR count). The summed E-state index contributed by atoms with van der Waals surface area (Å²) in [4.78, 5) is 10.4. The van der Waals surface area contributed by atoms with E-state index >= 15 is 0 Å². The third-order valence-electron chi connectivity index (χ3n) is 1.89. The zero-order valence-electron chi connectivity index (χ0n) is 7.04. The van der Waals surface area contributed by atoms with Gasteiger partial charge < -0.3 is 4.74 Å². The molecule has 0 aromatic rings. The summed E-state index contributed by atoms with van der Waals surface area (Å²) in [6, 6.07) is 0. The van der Waals surface area contributed by atoms with Crippen molar-refractivity contribution in [3.05, 3.63) is 12.2 Å². The van der Waals surface area contributed by atoms with Gasteiger partial charge >= 0.3 is 5.97 Å². The molecule has 2 heteroatoms. The average Bonchev–Trinajstić information content (AvgIpc) is 2.31. The Kier molecular flexibility index (Phi) is 2.69. The summed E-state index contributed by atoms with van der Waals surface area (Å²) in [5, 5.41) is 0. The maximum Gasteiger partial charge on any atom is 0.302 e. The summed E-state index contributed by atoms with van der Waals surface area (Å²) in [7, 11) is 0. The van der Waals surface area contributed by atoms with Crippen molar-refractivity contribution in [2.45, 2.75) is 20.3 Å². The normalized spacial score (nSPS) is 28.9. The van der Waals surface area contributed by atoms with Crippen molar-refractivity contribution in [2.24, 2.45) is 11.8 Å². The Balaban J connectivity index is 2.19. The molecular formula is C9H14O2. The van der Waals surface area contributed by atoms with Crippen LogP contribution in [0.3, 0.4) is 0 Å². The van der Waals surface area contributed by atoms with E-state index in [9.17, 15) is 4.79 Å². The van der Waals surface area contributed by atoms with Crippen LogP contribution < -0.4 is 0 Å². The van der Waals surface area contributed by atoms with Crippen molar-refractivity contribution in [3.8, 4) is 0 Å². The zero-order chi connectivity index (χ0) is 8.27. The van der Waals surface area contributed by atoms with Gasteiger partial charge in [-0.05, 0) is 12.3 Å². The Morgan fingerprint density at radius 3 is 2.82 bits per heavy atom. The van der Waals surface area contributed by atoms with Crippen LogP contribution in [0.25, 0.3) is 0 Å². The van der Waals surface area contributed by atoms with E-state index in [0.717, 1.165) is 6.42 Å². The molecule has 0 heterocycles. The van der Waals surface area contributed by atoms with Crippen LogP contribution in [0.4, 0.5) is 0 Å². The molecule has 1 unspecified atom stereocenters. The fraction of sp³-hybridized carbons (Fsp3) is 0.667. The lowest BCUT2D eigenvalue weighted by Crippen LogP contribution is -2.09. The zero-order valence-corrected chi connectivity index (χ0v) is 7.04. The van der Waals surface area contributed by atoms with Gasteiger partial charge in [0.05, 0.1) is 6.61 Å². The number of rotatable bonds is 2. The van der Waals surface area contributed by atoms with E-state index in [4.69, 9.17) is 4.74 Å². The third-order valence-corrected chi connectivity index (χ3v) is 1.89. The Morgan fingerprint density at radius 1 is 1.64 bits per heavy atom. The SMILES string of the molecule is CC(=O)OCC1C=C[C@H](C)C1. The van der Waals surface area contributed by atoms with E-state index in [-0.39, 0.29) is 5.97 Å². The molecule has 62 valence electrons. The summed E-state index contributed by atoms with van der Waals surface area (Å²) in [6.45, 7) is 4.17. The van der Waals surface area contributed by atoms with E-state index < -0.39 is 0 Å². The van der Waals surface area contributed by atoms with E-state index in [0.29, 0.717) is 18.4 Å². The number of allylic oxidation sites excluding steroid dienone is 1. The van der Waals surface area contributed by atoms with Crippen LogP contribution in [0.5, 0.6) is 0 Å². The largest absolute Gasteiger partial charge is 0.465 e. The second kappa shape index (κ2) is 3.56. The van der Waals surface area contributed by atoms with Crippen molar-refractivity contribution < 1.29 is 9.53 Å². The quantitative estimate of drug-likeness (QED) is 0.447. The average molecular weight is 154 g/mol. The Hall–Kier alpha value is -0.790. The highest BCUT2D eigenvalue weighted by Gasteiger charge is 2.15. The van der Waals surface area contributed by atoms with Crippen molar-refractivity contribution in [1.29, 1.82) is 0 Å². The van der Waals surface area contributed by atoms with Crippen LogP contribution in [0.1, 0.15) is 20.3 Å². The molecule has 0 aromatic carbocycles. The fourth-order valence-corrected chi connectivity index (χ4v) is 1.33. The summed E-state index contributed by atoms with van der Waals surface area (Å²) in [5.74, 6) is 0.919. The predicted octanol–water partition coefficient (Wildman–Crippen LogP) is 1.76. The molecule has 0 radical (unpaired) electrons. The fourth-order valence-electron chi connectivity index (χ4n) is 1.33. The van der Waals surface area contributed by atoms with Crippen molar-refractivity contribution in [3.63, 3.8) is 0 Å². The second-order valence-corrected chi connectivity index (χ2v) is 3.16. The lowest BCUT2D eigenvalue weighted by molar-refractivity contribution is -0.141. The molecule has 0 N–H and O–H groups in total. The standard InChI is InChI=1S/C9H14O2/c1-7-3-4-9(5-7)6-11-8(2)10/h3-4,7,9H,5-6H2,1-2H3/t7-,9?/m0/s1. The molecule has 0 amide bonds.